The average molecular weight is 603 g/mol. The molecule has 0 amide bonds. The molecule has 2 heterocycles. The number of aromatic amines is 1. The summed E-state index contributed by atoms with van der Waals surface area (Å²) in [6, 6.07) is 9.77. The van der Waals surface area contributed by atoms with Gasteiger partial charge in [0.2, 0.25) is 5.75 Å². The zero-order chi connectivity index (χ0) is 31.1. The minimum absolute atomic E-state index is 0.00368. The monoisotopic (exact) mass is 602 g/mol. The Morgan fingerprint density at radius 3 is 2.24 bits per heavy atom. The third-order valence-electron chi connectivity index (χ3n) is 9.75. The van der Waals surface area contributed by atoms with Crippen LogP contribution < -0.4 is 16.0 Å². The molecule has 1 aromatic carbocycles. The van der Waals surface area contributed by atoms with Crippen molar-refractivity contribution < 1.29 is 19.0 Å². The van der Waals surface area contributed by atoms with Gasteiger partial charge in [-0.15, -0.1) is 0 Å². The Morgan fingerprint density at radius 2 is 1.68 bits per heavy atom. The second-order valence-corrected chi connectivity index (χ2v) is 25.0. The molecule has 0 saturated carbocycles. The Bertz CT molecular complexity index is 1350. The highest BCUT2D eigenvalue weighted by molar-refractivity contribution is 6.83. The molecule has 2 N–H and O–H groups in total. The molecule has 41 heavy (non-hydrogen) atoms. The number of nitrogens with zero attached hydrogens (tertiary/aromatic N) is 1. The predicted octanol–water partition coefficient (Wildman–Crippen LogP) is 5.89. The Labute approximate surface area is 246 Å². The van der Waals surface area contributed by atoms with Crippen LogP contribution in [-0.2, 0) is 14.9 Å². The van der Waals surface area contributed by atoms with Crippen molar-refractivity contribution in [3.63, 3.8) is 0 Å². The number of H-pyrrole nitrogens is 1. The summed E-state index contributed by atoms with van der Waals surface area (Å²) in [6.07, 6.45) is 4.64. The number of rotatable bonds is 9. The molecule has 1 aliphatic rings. The first-order chi connectivity index (χ1) is 18.6. The van der Waals surface area contributed by atoms with Crippen molar-refractivity contribution in [3.05, 3.63) is 69.0 Å². The number of aliphatic hydroxyl groups is 1. The van der Waals surface area contributed by atoms with Gasteiger partial charge in [0.25, 0.3) is 5.56 Å². The number of hydrogen-bond donors (Lipinski definition) is 2. The van der Waals surface area contributed by atoms with Gasteiger partial charge in [-0.25, -0.2) is 4.79 Å². The maximum atomic E-state index is 13.2. The fourth-order valence-electron chi connectivity index (χ4n) is 4.94. The van der Waals surface area contributed by atoms with Crippen LogP contribution in [0.2, 0.25) is 36.3 Å². The van der Waals surface area contributed by atoms with Gasteiger partial charge in [-0.1, -0.05) is 91.0 Å². The summed E-state index contributed by atoms with van der Waals surface area (Å²) in [6.45, 7) is 23.8. The number of aromatic nitrogens is 2. The zero-order valence-electron chi connectivity index (χ0n) is 26.8. The van der Waals surface area contributed by atoms with E-state index in [-0.39, 0.29) is 35.5 Å². The smallest absolute Gasteiger partial charge is 0.330 e. The van der Waals surface area contributed by atoms with E-state index < -0.39 is 44.7 Å². The number of ether oxygens (including phenoxy) is 2. The molecule has 3 atom stereocenters. The quantitative estimate of drug-likeness (QED) is 0.347. The Kier molecular flexibility index (Phi) is 9.28. The Morgan fingerprint density at radius 1 is 1.07 bits per heavy atom. The molecular weight excluding hydrogens is 553 g/mol. The fraction of sp³-hybridized carbons (Fsp3) is 0.613. The number of hydrogen-bond acceptors (Lipinski definition) is 6. The first kappa shape index (κ1) is 33.3. The largest absolute Gasteiger partial charge is 0.482 e. The minimum atomic E-state index is -2.48. The van der Waals surface area contributed by atoms with Gasteiger partial charge in [-0.2, -0.15) is 0 Å². The standard InChI is InChI=1S/C31H50N2O6Si2/c1-28(2,3)40(8,9)31(36)22-30(7,39-25(31)21-38-41(10,11)29(4,5)6)33-20-24(26(34)32-27(33)35)37-19-15-18-23-16-13-12-14-17-23/h12-18,20,25,36H,19,21-22H2,1-11H3,(H,32,34,35)/t25-,30-,31-/m1/s1. The van der Waals surface area contributed by atoms with Crippen molar-refractivity contribution in [2.24, 2.45) is 0 Å². The van der Waals surface area contributed by atoms with Gasteiger partial charge in [0.1, 0.15) is 18.4 Å². The van der Waals surface area contributed by atoms with Crippen LogP contribution in [0.3, 0.4) is 0 Å². The van der Waals surface area contributed by atoms with Crippen LogP contribution in [0.1, 0.15) is 60.5 Å². The van der Waals surface area contributed by atoms with Gasteiger partial charge in [0, 0.05) is 6.42 Å². The molecule has 2 aromatic rings. The maximum Gasteiger partial charge on any atom is 0.330 e. The Hall–Kier alpha value is -2.25. The third-order valence-corrected chi connectivity index (χ3v) is 20.7. The second kappa shape index (κ2) is 11.4. The number of benzene rings is 1. The molecule has 228 valence electrons. The van der Waals surface area contributed by atoms with Crippen molar-refractivity contribution in [1.29, 1.82) is 0 Å². The molecule has 1 fully saturated rings. The van der Waals surface area contributed by atoms with E-state index in [4.69, 9.17) is 13.9 Å². The summed E-state index contributed by atoms with van der Waals surface area (Å²) >= 11 is 0. The van der Waals surface area contributed by atoms with Crippen LogP contribution in [0.5, 0.6) is 5.75 Å². The highest BCUT2D eigenvalue weighted by Crippen LogP contribution is 2.53. The van der Waals surface area contributed by atoms with E-state index in [1.165, 1.54) is 10.8 Å². The second-order valence-electron chi connectivity index (χ2n) is 14.6. The van der Waals surface area contributed by atoms with Gasteiger partial charge in [0.15, 0.2) is 8.32 Å². The topological polar surface area (TPSA) is 103 Å². The minimum Gasteiger partial charge on any atom is -0.482 e. The SMILES string of the molecule is CC(C)(C)[Si](C)(C)OC[C@H]1O[C@@](C)(n2cc(OCC=Cc3ccccc3)c(=O)[nH]c2=O)C[C@@]1(O)[Si](C)(C)C(C)(C)C. The van der Waals surface area contributed by atoms with Gasteiger partial charge >= 0.3 is 5.69 Å². The van der Waals surface area contributed by atoms with Crippen LogP contribution in [0.4, 0.5) is 0 Å². The highest BCUT2D eigenvalue weighted by atomic mass is 28.4. The predicted molar refractivity (Wildman–Crippen MR) is 171 cm³/mol. The normalized spacial score (nSPS) is 24.2. The van der Waals surface area contributed by atoms with Gasteiger partial charge < -0.3 is 19.0 Å². The van der Waals surface area contributed by atoms with Crippen molar-refractivity contribution in [2.45, 2.75) is 108 Å². The van der Waals surface area contributed by atoms with E-state index in [9.17, 15) is 14.7 Å². The van der Waals surface area contributed by atoms with E-state index >= 15 is 0 Å². The molecule has 0 unspecified atom stereocenters. The lowest BCUT2D eigenvalue weighted by atomic mass is 10.1. The van der Waals surface area contributed by atoms with Crippen molar-refractivity contribution in [2.75, 3.05) is 13.2 Å². The molecule has 8 nitrogen and oxygen atoms in total. The van der Waals surface area contributed by atoms with Crippen LogP contribution in [0.15, 0.2) is 52.2 Å². The summed E-state index contributed by atoms with van der Waals surface area (Å²) in [5.41, 5.74) is -1.45. The summed E-state index contributed by atoms with van der Waals surface area (Å²) < 4.78 is 20.4. The van der Waals surface area contributed by atoms with Gasteiger partial charge in [-0.3, -0.25) is 14.3 Å². The van der Waals surface area contributed by atoms with E-state index in [0.29, 0.717) is 0 Å². The molecule has 10 heteroatoms. The molecule has 1 aliphatic heterocycles. The van der Waals surface area contributed by atoms with Crippen molar-refractivity contribution in [3.8, 4) is 5.75 Å². The summed E-state index contributed by atoms with van der Waals surface area (Å²) in [4.78, 5) is 28.2. The van der Waals surface area contributed by atoms with Crippen LogP contribution in [0, 0.1) is 0 Å². The molecule has 0 spiro atoms. The van der Waals surface area contributed by atoms with Crippen molar-refractivity contribution in [1.82, 2.24) is 9.55 Å². The van der Waals surface area contributed by atoms with E-state index in [2.05, 4.69) is 72.7 Å². The molecule has 3 rings (SSSR count). The summed E-state index contributed by atoms with van der Waals surface area (Å²) in [5.74, 6) is 0.00368. The van der Waals surface area contributed by atoms with Crippen LogP contribution >= 0.6 is 0 Å². The zero-order valence-corrected chi connectivity index (χ0v) is 28.8. The lowest BCUT2D eigenvalue weighted by Gasteiger charge is -2.50. The van der Waals surface area contributed by atoms with Crippen LogP contribution in [-0.4, -0.2) is 55.6 Å². The highest BCUT2D eigenvalue weighted by Gasteiger charge is 2.65. The van der Waals surface area contributed by atoms with Gasteiger partial charge in [0.05, 0.1) is 26.1 Å². The van der Waals surface area contributed by atoms with E-state index in [0.717, 1.165) is 5.56 Å². The average Bonchev–Trinajstić information content (AvgIpc) is 3.12. The molecule has 0 radical (unpaired) electrons. The van der Waals surface area contributed by atoms with Crippen molar-refractivity contribution >= 4 is 22.5 Å². The lowest BCUT2D eigenvalue weighted by molar-refractivity contribution is -0.111. The molecule has 1 saturated heterocycles. The number of nitrogens with one attached hydrogen (secondary N) is 1. The molecule has 1 aromatic heterocycles. The summed E-state index contributed by atoms with van der Waals surface area (Å²) in [7, 11) is -4.64. The molecular formula is C31H50N2O6Si2. The maximum absolute atomic E-state index is 13.2. The fourth-order valence-corrected chi connectivity index (χ4v) is 8.96. The molecule has 0 bridgehead atoms. The lowest BCUT2D eigenvalue weighted by Crippen LogP contribution is -2.65. The van der Waals surface area contributed by atoms with Crippen LogP contribution in [0.25, 0.3) is 6.08 Å². The first-order valence-electron chi connectivity index (χ1n) is 14.4. The van der Waals surface area contributed by atoms with E-state index in [1.807, 2.05) is 42.5 Å². The summed E-state index contributed by atoms with van der Waals surface area (Å²) in [5, 5.41) is 11.2. The van der Waals surface area contributed by atoms with E-state index in [1.54, 1.807) is 6.92 Å². The van der Waals surface area contributed by atoms with Gasteiger partial charge in [-0.05, 0) is 41.7 Å². The third kappa shape index (κ3) is 6.72. The first-order valence-corrected chi connectivity index (χ1v) is 20.3. The Balaban J connectivity index is 1.97. The molecule has 0 aliphatic carbocycles.